The van der Waals surface area contributed by atoms with E-state index in [4.69, 9.17) is 32.9 Å². The van der Waals surface area contributed by atoms with Crippen molar-refractivity contribution in [2.45, 2.75) is 52.2 Å². The van der Waals surface area contributed by atoms with Crippen LogP contribution in [0, 0.1) is 24.7 Å². The zero-order valence-corrected chi connectivity index (χ0v) is 27.2. The maximum Gasteiger partial charge on any atom is 0.245 e. The second-order valence-electron chi connectivity index (χ2n) is 13.0. The quantitative estimate of drug-likeness (QED) is 0.131. The Bertz CT molecular complexity index is 1570. The Balaban J connectivity index is 0.000000488. The first-order valence-corrected chi connectivity index (χ1v) is 15.0. The molecular formula is C34H43ClN6O3. The monoisotopic (exact) mass is 618 g/mol. The topological polar surface area (TPSA) is 129 Å². The highest BCUT2D eigenvalue weighted by molar-refractivity contribution is 6.35. The number of benzene rings is 2. The van der Waals surface area contributed by atoms with Crippen molar-refractivity contribution in [3.8, 4) is 22.4 Å². The van der Waals surface area contributed by atoms with E-state index in [0.29, 0.717) is 33.9 Å². The van der Waals surface area contributed by atoms with Gasteiger partial charge in [-0.2, -0.15) is 5.10 Å². The Kier molecular flexibility index (Phi) is 9.54. The highest BCUT2D eigenvalue weighted by Crippen LogP contribution is 2.55. The minimum Gasteiger partial charge on any atom is -0.398 e. The van der Waals surface area contributed by atoms with Crippen LogP contribution in [0.25, 0.3) is 22.4 Å². The van der Waals surface area contributed by atoms with Gasteiger partial charge in [0.2, 0.25) is 5.91 Å². The molecule has 1 spiro atoms. The third-order valence-electron chi connectivity index (χ3n) is 8.31. The van der Waals surface area contributed by atoms with E-state index in [9.17, 15) is 9.59 Å². The van der Waals surface area contributed by atoms with E-state index in [2.05, 4.69) is 11.3 Å². The summed E-state index contributed by atoms with van der Waals surface area (Å²) in [5, 5.41) is 22.8. The van der Waals surface area contributed by atoms with Gasteiger partial charge in [-0.15, -0.1) is 0 Å². The predicted molar refractivity (Wildman–Crippen MR) is 178 cm³/mol. The van der Waals surface area contributed by atoms with E-state index in [1.165, 1.54) is 12.3 Å². The molecule has 1 aromatic heterocycles. The van der Waals surface area contributed by atoms with Gasteiger partial charge in [0.25, 0.3) is 0 Å². The van der Waals surface area contributed by atoms with Gasteiger partial charge in [0.05, 0.1) is 16.7 Å². The number of amides is 1. The van der Waals surface area contributed by atoms with Crippen molar-refractivity contribution in [2.24, 2.45) is 5.41 Å². The minimum absolute atomic E-state index is 0.0199. The molecule has 2 fully saturated rings. The molecule has 1 aliphatic heterocycles. The molecule has 234 valence electrons. The van der Waals surface area contributed by atoms with Crippen molar-refractivity contribution in [3.05, 3.63) is 70.4 Å². The third kappa shape index (κ3) is 6.65. The average molecular weight is 619 g/mol. The summed E-state index contributed by atoms with van der Waals surface area (Å²) >= 11 is 6.85. The molecule has 3 aromatic rings. The second-order valence-corrected chi connectivity index (χ2v) is 13.4. The zero-order chi connectivity index (χ0) is 32.6. The number of aldehydes is 1. The number of nitrogens with zero attached hydrogens (tertiary/aromatic N) is 4. The highest BCUT2D eigenvalue weighted by Gasteiger charge is 2.54. The van der Waals surface area contributed by atoms with Gasteiger partial charge in [0.1, 0.15) is 12.0 Å². The summed E-state index contributed by atoms with van der Waals surface area (Å²) in [6.07, 6.45) is 5.28. The smallest absolute Gasteiger partial charge is 0.245 e. The summed E-state index contributed by atoms with van der Waals surface area (Å²) in [5.74, 6) is -0.0199. The summed E-state index contributed by atoms with van der Waals surface area (Å²) in [6, 6.07) is 9.27. The maximum absolute atomic E-state index is 11.9. The number of carbonyl (C=O) groups excluding carboxylic acids is 2. The number of rotatable bonds is 8. The Morgan fingerprint density at radius 3 is 2.32 bits per heavy atom. The van der Waals surface area contributed by atoms with Crippen LogP contribution in [0.1, 0.15) is 59.9 Å². The predicted octanol–water partition coefficient (Wildman–Crippen LogP) is 5.55. The van der Waals surface area contributed by atoms with Crippen molar-refractivity contribution in [3.63, 3.8) is 0 Å². The standard InChI is InChI=1S/C28H28ClN5O2.C6H15NO/c1-4-23(36)33-14-28(15-33)10-20(11-28)34-17(3)24(25-21(12-30)22(31)9-16(2)26(25)29)27(32-34)19-7-5-18(13-35)6-8-19;1-6(2,8)5-7(3)4/h4-9,12-13,20,30H,1,10-11,14-15,31H2,2-3H3;8H,5H2,1-4H3. The number of nitrogen functional groups attached to an aromatic ring is 1. The van der Waals surface area contributed by atoms with Gasteiger partial charge in [-0.25, -0.2) is 0 Å². The van der Waals surface area contributed by atoms with Crippen molar-refractivity contribution in [1.82, 2.24) is 19.6 Å². The average Bonchev–Trinajstić information content (AvgIpc) is 3.23. The normalized spacial score (nSPS) is 15.7. The molecule has 4 N–H and O–H groups in total. The van der Waals surface area contributed by atoms with Crippen LogP contribution in [-0.4, -0.2) is 82.4 Å². The Morgan fingerprint density at radius 2 is 1.84 bits per heavy atom. The van der Waals surface area contributed by atoms with Gasteiger partial charge in [-0.05, 0) is 72.3 Å². The fraction of sp³-hybridized carbons (Fsp3) is 0.412. The number of likely N-dealkylation sites (tertiary alicyclic amines) is 1. The summed E-state index contributed by atoms with van der Waals surface area (Å²) in [5.41, 5.74) is 12.4. The molecule has 2 aromatic carbocycles. The van der Waals surface area contributed by atoms with Gasteiger partial charge in [-0.3, -0.25) is 14.3 Å². The summed E-state index contributed by atoms with van der Waals surface area (Å²) in [7, 11) is 3.88. The molecule has 0 unspecified atom stereocenters. The lowest BCUT2D eigenvalue weighted by atomic mass is 9.60. The molecule has 1 saturated heterocycles. The van der Waals surface area contributed by atoms with Crippen molar-refractivity contribution < 1.29 is 14.7 Å². The van der Waals surface area contributed by atoms with Crippen molar-refractivity contribution in [2.75, 3.05) is 39.5 Å². The Morgan fingerprint density at radius 1 is 1.23 bits per heavy atom. The molecular weight excluding hydrogens is 576 g/mol. The first kappa shape index (κ1) is 33.1. The van der Waals surface area contributed by atoms with Crippen LogP contribution >= 0.6 is 11.6 Å². The fourth-order valence-corrected chi connectivity index (χ4v) is 6.77. The van der Waals surface area contributed by atoms with E-state index in [1.54, 1.807) is 32.0 Å². The van der Waals surface area contributed by atoms with Crippen LogP contribution in [-0.2, 0) is 4.79 Å². The maximum atomic E-state index is 11.9. The number of hydrogen-bond acceptors (Lipinski definition) is 7. The Labute approximate surface area is 264 Å². The molecule has 1 aliphatic carbocycles. The lowest BCUT2D eigenvalue weighted by molar-refractivity contribution is -0.149. The molecule has 5 rings (SSSR count). The van der Waals surface area contributed by atoms with Crippen molar-refractivity contribution >= 4 is 35.7 Å². The summed E-state index contributed by atoms with van der Waals surface area (Å²) < 4.78 is 2.06. The highest BCUT2D eigenvalue weighted by atomic mass is 35.5. The summed E-state index contributed by atoms with van der Waals surface area (Å²) in [6.45, 7) is 13.3. The van der Waals surface area contributed by atoms with Gasteiger partial charge < -0.3 is 26.0 Å². The van der Waals surface area contributed by atoms with Gasteiger partial charge >= 0.3 is 0 Å². The molecule has 44 heavy (non-hydrogen) atoms. The summed E-state index contributed by atoms with van der Waals surface area (Å²) in [4.78, 5) is 26.9. The van der Waals surface area contributed by atoms with Crippen LogP contribution in [0.15, 0.2) is 43.0 Å². The lowest BCUT2D eigenvalue weighted by Crippen LogP contribution is -2.63. The molecule has 0 atom stereocenters. The van der Waals surface area contributed by atoms with Gasteiger partial charge in [0, 0.05) is 70.5 Å². The van der Waals surface area contributed by atoms with Gasteiger partial charge in [-0.1, -0.05) is 42.4 Å². The molecule has 1 saturated carbocycles. The Hall–Kier alpha value is -3.79. The van der Waals surface area contributed by atoms with Crippen LogP contribution in [0.5, 0.6) is 0 Å². The fourth-order valence-electron chi connectivity index (χ4n) is 6.52. The first-order valence-electron chi connectivity index (χ1n) is 14.7. The molecule has 1 amide bonds. The number of halogens is 1. The van der Waals surface area contributed by atoms with Crippen molar-refractivity contribution in [1.29, 1.82) is 5.41 Å². The van der Waals surface area contributed by atoms with Crippen LogP contribution in [0.4, 0.5) is 5.69 Å². The third-order valence-corrected chi connectivity index (χ3v) is 8.79. The number of likely N-dealkylation sites (N-methyl/N-ethyl adjacent to an activating group) is 1. The largest absolute Gasteiger partial charge is 0.398 e. The lowest BCUT2D eigenvalue weighted by Gasteiger charge is -2.58. The number of aromatic nitrogens is 2. The number of nitrogens with one attached hydrogen (secondary N) is 1. The van der Waals surface area contributed by atoms with E-state index in [1.807, 2.05) is 49.9 Å². The molecule has 0 radical (unpaired) electrons. The number of aliphatic hydroxyl groups is 1. The van der Waals surface area contributed by atoms with E-state index < -0.39 is 5.60 Å². The van der Waals surface area contributed by atoms with Crippen LogP contribution < -0.4 is 5.73 Å². The van der Waals surface area contributed by atoms with Crippen LogP contribution in [0.3, 0.4) is 0 Å². The number of hydrogen-bond donors (Lipinski definition) is 3. The molecule has 0 bridgehead atoms. The molecule has 9 nitrogen and oxygen atoms in total. The second kappa shape index (κ2) is 12.7. The van der Waals surface area contributed by atoms with E-state index in [0.717, 1.165) is 60.3 Å². The number of carbonyl (C=O) groups is 2. The molecule has 10 heteroatoms. The first-order chi connectivity index (χ1) is 20.6. The number of nitrogens with two attached hydrogens (primary N) is 1. The van der Waals surface area contributed by atoms with Gasteiger partial charge in [0.15, 0.2) is 0 Å². The minimum atomic E-state index is -0.552. The number of anilines is 1. The van der Waals surface area contributed by atoms with Crippen LogP contribution in [0.2, 0.25) is 5.02 Å². The number of aryl methyl sites for hydroxylation is 1. The van der Waals surface area contributed by atoms with E-state index >= 15 is 0 Å². The SMILES string of the molecule is C=CC(=O)N1CC2(CC(n3nc(-c4ccc(C=O)cc4)c(-c4c(Cl)c(C)cc(N)c4C=N)c3C)C2)C1.CN(C)CC(C)(C)O. The van der Waals surface area contributed by atoms with E-state index in [-0.39, 0.29) is 17.4 Å². The molecule has 2 aliphatic rings. The zero-order valence-electron chi connectivity index (χ0n) is 26.4. The molecule has 2 heterocycles.